The molecule has 0 bridgehead atoms. The molecule has 1 saturated heterocycles. The summed E-state index contributed by atoms with van der Waals surface area (Å²) in [5.41, 5.74) is 9.01. The third kappa shape index (κ3) is 2.28. The number of amides is 1. The van der Waals surface area contributed by atoms with Crippen LogP contribution in [0.2, 0.25) is 0 Å². The Hall–Kier alpha value is -2.33. The van der Waals surface area contributed by atoms with E-state index >= 15 is 0 Å². The van der Waals surface area contributed by atoms with E-state index in [0.717, 1.165) is 22.6 Å². The molecule has 1 amide bonds. The summed E-state index contributed by atoms with van der Waals surface area (Å²) in [5, 5.41) is 0. The quantitative estimate of drug-likeness (QED) is 0.880. The Bertz CT molecular complexity index is 684. The van der Waals surface area contributed by atoms with Gasteiger partial charge >= 0.3 is 0 Å². The number of β-lactam (4-membered cyclic amide) rings is 1. The second kappa shape index (κ2) is 5.22. The number of methoxy groups -OCH3 is 1. The molecule has 2 atom stereocenters. The van der Waals surface area contributed by atoms with Crippen LogP contribution in [0.3, 0.4) is 0 Å². The summed E-state index contributed by atoms with van der Waals surface area (Å²) in [6, 6.07) is 14.9. The van der Waals surface area contributed by atoms with Gasteiger partial charge in [0.15, 0.2) is 0 Å². The van der Waals surface area contributed by atoms with Crippen molar-refractivity contribution in [2.24, 2.45) is 5.73 Å². The maximum Gasteiger partial charge on any atom is 0.247 e. The molecule has 2 aromatic carbocycles. The molecule has 2 N–H and O–H groups in total. The van der Waals surface area contributed by atoms with Crippen molar-refractivity contribution in [1.82, 2.24) is 0 Å². The van der Waals surface area contributed by atoms with Crippen molar-refractivity contribution < 1.29 is 9.53 Å². The van der Waals surface area contributed by atoms with Crippen molar-refractivity contribution in [3.8, 4) is 5.75 Å². The Morgan fingerprint density at radius 1 is 1.14 bits per heavy atom. The first kappa shape index (κ1) is 13.6. The lowest BCUT2D eigenvalue weighted by Crippen LogP contribution is -2.63. The van der Waals surface area contributed by atoms with Crippen LogP contribution >= 0.6 is 0 Å². The fourth-order valence-corrected chi connectivity index (χ4v) is 2.76. The summed E-state index contributed by atoms with van der Waals surface area (Å²) in [6.07, 6.45) is 0. The molecule has 1 fully saturated rings. The molecule has 1 heterocycles. The van der Waals surface area contributed by atoms with Gasteiger partial charge in [-0.25, -0.2) is 0 Å². The standard InChI is InChI=1S/C17H18N2O2/c1-11-5-3-7-13(9-11)19-16(15(18)17(19)20)12-6-4-8-14(10-12)21-2/h3-10,15-16H,18H2,1-2H3. The summed E-state index contributed by atoms with van der Waals surface area (Å²) in [6.45, 7) is 2.01. The predicted octanol–water partition coefficient (Wildman–Crippen LogP) is 2.42. The van der Waals surface area contributed by atoms with E-state index in [4.69, 9.17) is 10.5 Å². The van der Waals surface area contributed by atoms with Gasteiger partial charge in [-0.05, 0) is 42.3 Å². The largest absolute Gasteiger partial charge is 0.497 e. The van der Waals surface area contributed by atoms with Crippen molar-refractivity contribution in [2.45, 2.75) is 19.0 Å². The number of hydrogen-bond donors (Lipinski definition) is 1. The first-order valence-electron chi connectivity index (χ1n) is 6.91. The minimum atomic E-state index is -0.502. The normalized spacial score (nSPS) is 21.1. The summed E-state index contributed by atoms with van der Waals surface area (Å²) in [4.78, 5) is 13.9. The summed E-state index contributed by atoms with van der Waals surface area (Å²) in [7, 11) is 1.63. The molecule has 0 aliphatic carbocycles. The van der Waals surface area contributed by atoms with Gasteiger partial charge < -0.3 is 15.4 Å². The lowest BCUT2D eigenvalue weighted by molar-refractivity contribution is -0.126. The van der Waals surface area contributed by atoms with E-state index in [1.807, 2.05) is 55.5 Å². The van der Waals surface area contributed by atoms with E-state index in [2.05, 4.69) is 0 Å². The van der Waals surface area contributed by atoms with Crippen LogP contribution in [0, 0.1) is 6.92 Å². The molecule has 0 spiro atoms. The van der Waals surface area contributed by atoms with Crippen LogP contribution in [-0.2, 0) is 4.79 Å². The van der Waals surface area contributed by atoms with Gasteiger partial charge in [-0.1, -0.05) is 24.3 Å². The maximum absolute atomic E-state index is 12.2. The molecule has 1 aliphatic heterocycles. The van der Waals surface area contributed by atoms with E-state index in [0.29, 0.717) is 0 Å². The molecule has 0 saturated carbocycles. The molecular weight excluding hydrogens is 264 g/mol. The number of hydrogen-bond acceptors (Lipinski definition) is 3. The SMILES string of the molecule is COc1cccc(C2C(N)C(=O)N2c2cccc(C)c2)c1. The monoisotopic (exact) mass is 282 g/mol. The first-order valence-corrected chi connectivity index (χ1v) is 6.91. The fourth-order valence-electron chi connectivity index (χ4n) is 2.76. The van der Waals surface area contributed by atoms with Crippen LogP contribution in [0.4, 0.5) is 5.69 Å². The molecule has 1 aliphatic rings. The third-order valence-electron chi connectivity index (χ3n) is 3.86. The molecule has 4 nitrogen and oxygen atoms in total. The number of nitrogens with two attached hydrogens (primary N) is 1. The Morgan fingerprint density at radius 3 is 2.62 bits per heavy atom. The highest BCUT2D eigenvalue weighted by molar-refractivity contribution is 6.05. The molecule has 0 radical (unpaired) electrons. The van der Waals surface area contributed by atoms with E-state index < -0.39 is 6.04 Å². The van der Waals surface area contributed by atoms with E-state index in [1.54, 1.807) is 12.0 Å². The molecule has 108 valence electrons. The Morgan fingerprint density at radius 2 is 1.90 bits per heavy atom. The number of carbonyl (C=O) groups is 1. The van der Waals surface area contributed by atoms with Gasteiger partial charge in [-0.2, -0.15) is 0 Å². The van der Waals surface area contributed by atoms with Crippen molar-refractivity contribution in [3.63, 3.8) is 0 Å². The smallest absolute Gasteiger partial charge is 0.247 e. The molecular formula is C17H18N2O2. The van der Waals surface area contributed by atoms with Gasteiger partial charge in [0, 0.05) is 5.69 Å². The molecule has 21 heavy (non-hydrogen) atoms. The van der Waals surface area contributed by atoms with Crippen LogP contribution in [-0.4, -0.2) is 19.1 Å². The van der Waals surface area contributed by atoms with E-state index in [1.165, 1.54) is 0 Å². The Balaban J connectivity index is 1.98. The number of nitrogens with zero attached hydrogens (tertiary/aromatic N) is 1. The number of rotatable bonds is 3. The van der Waals surface area contributed by atoms with Gasteiger partial charge in [-0.3, -0.25) is 4.79 Å². The number of ether oxygens (including phenoxy) is 1. The zero-order valence-corrected chi connectivity index (χ0v) is 12.1. The van der Waals surface area contributed by atoms with Crippen LogP contribution in [0.5, 0.6) is 5.75 Å². The minimum absolute atomic E-state index is 0.0478. The van der Waals surface area contributed by atoms with E-state index in [9.17, 15) is 4.79 Å². The van der Waals surface area contributed by atoms with Crippen LogP contribution in [0.1, 0.15) is 17.2 Å². The lowest BCUT2D eigenvalue weighted by Gasteiger charge is -2.45. The third-order valence-corrected chi connectivity index (χ3v) is 3.86. The molecule has 2 aromatic rings. The van der Waals surface area contributed by atoms with Crippen molar-refractivity contribution >= 4 is 11.6 Å². The number of anilines is 1. The molecule has 0 aromatic heterocycles. The Labute approximate surface area is 124 Å². The molecule has 4 heteroatoms. The average molecular weight is 282 g/mol. The lowest BCUT2D eigenvalue weighted by atomic mass is 9.88. The van der Waals surface area contributed by atoms with Crippen LogP contribution in [0.25, 0.3) is 0 Å². The summed E-state index contributed by atoms with van der Waals surface area (Å²) >= 11 is 0. The highest BCUT2D eigenvalue weighted by Gasteiger charge is 2.46. The number of benzene rings is 2. The van der Waals surface area contributed by atoms with Crippen molar-refractivity contribution in [1.29, 1.82) is 0 Å². The zero-order chi connectivity index (χ0) is 15.0. The minimum Gasteiger partial charge on any atom is -0.497 e. The second-order valence-corrected chi connectivity index (χ2v) is 5.29. The second-order valence-electron chi connectivity index (χ2n) is 5.29. The summed E-state index contributed by atoms with van der Waals surface area (Å²) in [5.74, 6) is 0.719. The van der Waals surface area contributed by atoms with Crippen LogP contribution < -0.4 is 15.4 Å². The van der Waals surface area contributed by atoms with Gasteiger partial charge in [-0.15, -0.1) is 0 Å². The van der Waals surface area contributed by atoms with Crippen molar-refractivity contribution in [2.75, 3.05) is 12.0 Å². The van der Waals surface area contributed by atoms with Gasteiger partial charge in [0.1, 0.15) is 11.8 Å². The predicted molar refractivity (Wildman–Crippen MR) is 82.4 cm³/mol. The van der Waals surface area contributed by atoms with Gasteiger partial charge in [0.2, 0.25) is 5.91 Å². The average Bonchev–Trinajstić information content (AvgIpc) is 2.51. The number of carbonyl (C=O) groups excluding carboxylic acids is 1. The van der Waals surface area contributed by atoms with Crippen LogP contribution in [0.15, 0.2) is 48.5 Å². The fraction of sp³-hybridized carbons (Fsp3) is 0.235. The number of aryl methyl sites for hydroxylation is 1. The Kier molecular flexibility index (Phi) is 3.39. The maximum atomic E-state index is 12.2. The van der Waals surface area contributed by atoms with Crippen molar-refractivity contribution in [3.05, 3.63) is 59.7 Å². The van der Waals surface area contributed by atoms with E-state index in [-0.39, 0.29) is 11.9 Å². The highest BCUT2D eigenvalue weighted by Crippen LogP contribution is 2.39. The topological polar surface area (TPSA) is 55.6 Å². The zero-order valence-electron chi connectivity index (χ0n) is 12.1. The molecule has 3 rings (SSSR count). The first-order chi connectivity index (χ1) is 10.1. The highest BCUT2D eigenvalue weighted by atomic mass is 16.5. The molecule has 2 unspecified atom stereocenters. The van der Waals surface area contributed by atoms with Gasteiger partial charge in [0.05, 0.1) is 13.2 Å². The van der Waals surface area contributed by atoms with Gasteiger partial charge in [0.25, 0.3) is 0 Å². The summed E-state index contributed by atoms with van der Waals surface area (Å²) < 4.78 is 5.25.